The van der Waals surface area contributed by atoms with Crippen LogP contribution in [0.15, 0.2) is 66.7 Å². The molecule has 3 aliphatic rings. The summed E-state index contributed by atoms with van der Waals surface area (Å²) >= 11 is 0. The molecule has 7 rings (SSSR count). The summed E-state index contributed by atoms with van der Waals surface area (Å²) in [5, 5.41) is 13.1. The number of benzene rings is 3. The predicted molar refractivity (Wildman–Crippen MR) is 158 cm³/mol. The number of anilines is 1. The van der Waals surface area contributed by atoms with E-state index in [9.17, 15) is 14.7 Å². The van der Waals surface area contributed by atoms with Gasteiger partial charge in [-0.15, -0.1) is 0 Å². The smallest absolute Gasteiger partial charge is 0.259 e. The van der Waals surface area contributed by atoms with Crippen molar-refractivity contribution in [3.63, 3.8) is 0 Å². The number of hydrogen-bond donors (Lipinski definition) is 2. The average molecular weight is 565 g/mol. The molecular weight excluding hydrogens is 532 g/mol. The van der Waals surface area contributed by atoms with Gasteiger partial charge in [0, 0.05) is 56.2 Å². The molecule has 214 valence electrons. The van der Waals surface area contributed by atoms with Crippen LogP contribution in [0.4, 0.5) is 5.69 Å². The van der Waals surface area contributed by atoms with Crippen molar-refractivity contribution in [3.8, 4) is 28.5 Å². The monoisotopic (exact) mass is 564 g/mol. The van der Waals surface area contributed by atoms with Gasteiger partial charge in [0.25, 0.3) is 11.8 Å². The van der Waals surface area contributed by atoms with Gasteiger partial charge in [-0.05, 0) is 66.9 Å². The maximum Gasteiger partial charge on any atom is 0.259 e. The number of phenols is 1. The predicted octanol–water partition coefficient (Wildman–Crippen LogP) is 4.56. The molecule has 0 spiro atoms. The zero-order valence-corrected chi connectivity index (χ0v) is 23.6. The number of hydrogen-bond acceptors (Lipinski definition) is 6. The molecule has 42 heavy (non-hydrogen) atoms. The van der Waals surface area contributed by atoms with Crippen LogP contribution >= 0.6 is 0 Å². The Hall–Kier alpha value is -4.76. The van der Waals surface area contributed by atoms with E-state index in [4.69, 9.17) is 9.47 Å². The number of ether oxygens (including phenoxy) is 2. The number of aromatic nitrogens is 1. The van der Waals surface area contributed by atoms with Crippen LogP contribution in [0.3, 0.4) is 0 Å². The zero-order valence-electron chi connectivity index (χ0n) is 23.6. The van der Waals surface area contributed by atoms with E-state index in [-0.39, 0.29) is 30.4 Å². The van der Waals surface area contributed by atoms with Crippen molar-refractivity contribution in [2.24, 2.45) is 0 Å². The SMILES string of the molecule is C[C@@H]1Cc2ccccc2CN1C(=O)c1cc2c(cc1-c1cc(C(=O)N(C)c3ccc(O)cc3)c3n1CCNC3)OCO2. The first-order valence-electron chi connectivity index (χ1n) is 14.2. The van der Waals surface area contributed by atoms with Crippen LogP contribution in [0.5, 0.6) is 17.2 Å². The Balaban J connectivity index is 1.32. The summed E-state index contributed by atoms with van der Waals surface area (Å²) in [6.45, 7) is 4.62. The molecule has 0 bridgehead atoms. The standard InChI is InChI=1S/C33H32N4O5/c1-20-13-21-5-3-4-6-22(21)18-37(20)33(40)26-16-31-30(41-19-42-31)15-25(26)28-14-27(29-17-34-11-12-36(28)29)32(39)35(2)23-7-9-24(38)10-8-23/h3-10,14-16,20,34,38H,11-13,17-19H2,1-2H3/t20-/m1/s1. The number of aromatic hydroxyl groups is 1. The lowest BCUT2D eigenvalue weighted by molar-refractivity contribution is 0.0658. The van der Waals surface area contributed by atoms with E-state index >= 15 is 0 Å². The summed E-state index contributed by atoms with van der Waals surface area (Å²) in [5.74, 6) is 1.01. The molecule has 4 aromatic rings. The zero-order chi connectivity index (χ0) is 29.0. The number of fused-ring (bicyclic) bond motifs is 3. The summed E-state index contributed by atoms with van der Waals surface area (Å²) in [6.07, 6.45) is 0.788. The Bertz CT molecular complexity index is 1710. The van der Waals surface area contributed by atoms with E-state index in [1.165, 1.54) is 5.56 Å². The molecule has 0 fully saturated rings. The number of nitrogens with one attached hydrogen (secondary N) is 1. The van der Waals surface area contributed by atoms with Gasteiger partial charge < -0.3 is 34.3 Å². The summed E-state index contributed by atoms with van der Waals surface area (Å²) in [4.78, 5) is 31.7. The Kier molecular flexibility index (Phi) is 6.39. The first-order valence-corrected chi connectivity index (χ1v) is 14.2. The van der Waals surface area contributed by atoms with Gasteiger partial charge in [-0.25, -0.2) is 0 Å². The molecular formula is C33H32N4O5. The average Bonchev–Trinajstić information content (AvgIpc) is 3.64. The third-order valence-corrected chi connectivity index (χ3v) is 8.57. The minimum atomic E-state index is -0.172. The summed E-state index contributed by atoms with van der Waals surface area (Å²) in [7, 11) is 1.72. The van der Waals surface area contributed by atoms with Crippen LogP contribution in [0.25, 0.3) is 11.3 Å². The summed E-state index contributed by atoms with van der Waals surface area (Å²) in [5.41, 5.74) is 6.55. The number of amides is 2. The second-order valence-electron chi connectivity index (χ2n) is 11.1. The Morgan fingerprint density at radius 3 is 2.50 bits per heavy atom. The van der Waals surface area contributed by atoms with Crippen LogP contribution in [0.1, 0.15) is 44.5 Å². The highest BCUT2D eigenvalue weighted by atomic mass is 16.7. The number of carbonyl (C=O) groups is 2. The van der Waals surface area contributed by atoms with E-state index < -0.39 is 0 Å². The topological polar surface area (TPSA) is 96.3 Å². The molecule has 0 aliphatic carbocycles. The third kappa shape index (κ3) is 4.37. The van der Waals surface area contributed by atoms with Crippen LogP contribution in [0, 0.1) is 0 Å². The fourth-order valence-corrected chi connectivity index (χ4v) is 6.25. The lowest BCUT2D eigenvalue weighted by Gasteiger charge is -2.35. The number of carbonyl (C=O) groups excluding carboxylic acids is 2. The van der Waals surface area contributed by atoms with Crippen molar-refractivity contribution in [1.29, 1.82) is 0 Å². The maximum atomic E-state index is 14.4. The van der Waals surface area contributed by atoms with Crippen molar-refractivity contribution in [2.75, 3.05) is 25.3 Å². The minimum absolute atomic E-state index is 0.0206. The molecule has 2 N–H and O–H groups in total. The highest BCUT2D eigenvalue weighted by molar-refractivity contribution is 6.08. The molecule has 9 heteroatoms. The fraction of sp³-hybridized carbons (Fsp3) is 0.273. The largest absolute Gasteiger partial charge is 0.508 e. The number of phenolic OH excluding ortho intramolecular Hbond substituents is 1. The van der Waals surface area contributed by atoms with E-state index in [0.29, 0.717) is 53.5 Å². The van der Waals surface area contributed by atoms with Crippen molar-refractivity contribution >= 4 is 17.5 Å². The van der Waals surface area contributed by atoms with E-state index in [1.54, 1.807) is 42.3 Å². The van der Waals surface area contributed by atoms with Crippen molar-refractivity contribution in [3.05, 3.63) is 94.7 Å². The summed E-state index contributed by atoms with van der Waals surface area (Å²) in [6, 6.07) is 20.4. The first-order chi connectivity index (χ1) is 20.4. The van der Waals surface area contributed by atoms with Crippen LogP contribution in [-0.2, 0) is 26.1 Å². The van der Waals surface area contributed by atoms with Gasteiger partial charge >= 0.3 is 0 Å². The second kappa shape index (κ2) is 10.3. The fourth-order valence-electron chi connectivity index (χ4n) is 6.25. The lowest BCUT2D eigenvalue weighted by atomic mass is 9.93. The van der Waals surface area contributed by atoms with Crippen molar-refractivity contribution in [2.45, 2.75) is 39.0 Å². The highest BCUT2D eigenvalue weighted by Gasteiger charge is 2.33. The molecule has 3 aliphatic heterocycles. The van der Waals surface area contributed by atoms with E-state index in [0.717, 1.165) is 29.9 Å². The maximum absolute atomic E-state index is 14.4. The molecule has 1 aromatic heterocycles. The third-order valence-electron chi connectivity index (χ3n) is 8.57. The minimum Gasteiger partial charge on any atom is -0.508 e. The molecule has 1 atom stereocenters. The van der Waals surface area contributed by atoms with Gasteiger partial charge in [-0.2, -0.15) is 0 Å². The van der Waals surface area contributed by atoms with E-state index in [1.807, 2.05) is 29.2 Å². The van der Waals surface area contributed by atoms with Gasteiger partial charge in [-0.3, -0.25) is 9.59 Å². The second-order valence-corrected chi connectivity index (χ2v) is 11.1. The highest BCUT2D eigenvalue weighted by Crippen LogP contribution is 2.41. The Labute approximate surface area is 243 Å². The van der Waals surface area contributed by atoms with Crippen LogP contribution < -0.4 is 19.7 Å². The van der Waals surface area contributed by atoms with E-state index in [2.05, 4.69) is 28.9 Å². The molecule has 0 saturated carbocycles. The number of rotatable bonds is 4. The van der Waals surface area contributed by atoms with Gasteiger partial charge in [0.05, 0.1) is 16.8 Å². The summed E-state index contributed by atoms with van der Waals surface area (Å²) < 4.78 is 13.6. The molecule has 0 saturated heterocycles. The normalized spacial score (nSPS) is 17.0. The van der Waals surface area contributed by atoms with Gasteiger partial charge in [0.1, 0.15) is 5.75 Å². The molecule has 2 amide bonds. The van der Waals surface area contributed by atoms with Crippen LogP contribution in [0.2, 0.25) is 0 Å². The quantitative estimate of drug-likeness (QED) is 0.378. The molecule has 4 heterocycles. The van der Waals surface area contributed by atoms with Gasteiger partial charge in [0.2, 0.25) is 6.79 Å². The first kappa shape index (κ1) is 26.2. The molecule has 0 unspecified atom stereocenters. The Morgan fingerprint density at radius 2 is 1.71 bits per heavy atom. The number of nitrogens with zero attached hydrogens (tertiary/aromatic N) is 3. The van der Waals surface area contributed by atoms with Gasteiger partial charge in [-0.1, -0.05) is 24.3 Å². The van der Waals surface area contributed by atoms with Crippen molar-refractivity contribution in [1.82, 2.24) is 14.8 Å². The van der Waals surface area contributed by atoms with Gasteiger partial charge in [0.15, 0.2) is 11.5 Å². The molecule has 3 aromatic carbocycles. The Morgan fingerprint density at radius 1 is 0.976 bits per heavy atom. The lowest BCUT2D eigenvalue weighted by Crippen LogP contribution is -2.42. The van der Waals surface area contributed by atoms with Crippen molar-refractivity contribution < 1.29 is 24.2 Å². The molecule has 0 radical (unpaired) electrons. The molecule has 9 nitrogen and oxygen atoms in total. The van der Waals surface area contributed by atoms with Crippen LogP contribution in [-0.4, -0.2) is 52.8 Å².